The van der Waals surface area contributed by atoms with Crippen molar-refractivity contribution in [3.63, 3.8) is 0 Å². The van der Waals surface area contributed by atoms with Crippen LogP contribution in [-0.2, 0) is 16.1 Å². The van der Waals surface area contributed by atoms with Crippen LogP contribution in [0.1, 0.15) is 10.6 Å². The normalized spacial score (nSPS) is 11.1. The molecule has 2 N–H and O–H groups in total. The topological polar surface area (TPSA) is 68.5 Å². The average molecular weight is 316 g/mol. The molecule has 1 heterocycles. The minimum absolute atomic E-state index is 0. The molecule has 0 aliphatic rings. The number of hydrogen-bond acceptors (Lipinski definition) is 5. The van der Waals surface area contributed by atoms with Gasteiger partial charge < -0.3 is 15.4 Å². The van der Waals surface area contributed by atoms with E-state index < -0.39 is 6.10 Å². The van der Waals surface area contributed by atoms with Gasteiger partial charge in [-0.05, 0) is 6.92 Å². The van der Waals surface area contributed by atoms with Gasteiger partial charge in [-0.2, -0.15) is 0 Å². The number of hydrogen-bond donors (Lipinski definition) is 1. The van der Waals surface area contributed by atoms with Gasteiger partial charge in [-0.15, -0.1) is 36.2 Å². The maximum Gasteiger partial charge on any atom is 0.253 e. The maximum atomic E-state index is 11.8. The number of halogens is 2. The first-order valence-electron chi connectivity index (χ1n) is 4.97. The zero-order chi connectivity index (χ0) is 12.1. The first-order chi connectivity index (χ1) is 7.60. The molecule has 1 rings (SSSR count). The van der Waals surface area contributed by atoms with Crippen molar-refractivity contribution in [2.24, 2.45) is 5.73 Å². The summed E-state index contributed by atoms with van der Waals surface area (Å²) in [6.07, 6.45) is -0.557. The van der Waals surface area contributed by atoms with E-state index in [1.807, 2.05) is 6.92 Å². The minimum Gasteiger partial charge on any atom is -0.370 e. The van der Waals surface area contributed by atoms with Gasteiger partial charge in [0.05, 0.1) is 17.7 Å². The number of carbonyl (C=O) groups is 1. The zero-order valence-corrected chi connectivity index (χ0v) is 13.0. The summed E-state index contributed by atoms with van der Waals surface area (Å²) < 4.78 is 5.00. The lowest BCUT2D eigenvalue weighted by molar-refractivity contribution is -0.140. The molecule has 0 fully saturated rings. The fourth-order valence-electron chi connectivity index (χ4n) is 1.31. The zero-order valence-electron chi connectivity index (χ0n) is 10.6. The highest BCUT2D eigenvalue weighted by Crippen LogP contribution is 2.14. The highest BCUT2D eigenvalue weighted by Gasteiger charge is 2.20. The number of nitrogens with two attached hydrogens (primary N) is 1. The SMILES string of the molecule is COC(CN)C(=O)N(C)Cc1scnc1C.Cl.Cl. The van der Waals surface area contributed by atoms with Crippen LogP contribution in [0.5, 0.6) is 0 Å². The fourth-order valence-corrected chi connectivity index (χ4v) is 2.14. The van der Waals surface area contributed by atoms with E-state index in [1.165, 1.54) is 7.11 Å². The van der Waals surface area contributed by atoms with Crippen molar-refractivity contribution in [1.82, 2.24) is 9.88 Å². The van der Waals surface area contributed by atoms with E-state index in [0.29, 0.717) is 6.54 Å². The van der Waals surface area contributed by atoms with Crippen molar-refractivity contribution in [1.29, 1.82) is 0 Å². The molecule has 1 aromatic rings. The second-order valence-electron chi connectivity index (χ2n) is 3.52. The lowest BCUT2D eigenvalue weighted by Gasteiger charge is -2.21. The monoisotopic (exact) mass is 315 g/mol. The molecule has 0 aliphatic heterocycles. The smallest absolute Gasteiger partial charge is 0.253 e. The Morgan fingerprint density at radius 1 is 1.61 bits per heavy atom. The molecule has 0 aromatic carbocycles. The lowest BCUT2D eigenvalue weighted by Crippen LogP contribution is -2.41. The standard InChI is InChI=1S/C10H17N3O2S.2ClH/c1-7-9(16-6-12-7)5-13(2)10(14)8(4-11)15-3;;/h6,8H,4-5,11H2,1-3H3;2*1H. The van der Waals surface area contributed by atoms with Gasteiger partial charge >= 0.3 is 0 Å². The first-order valence-corrected chi connectivity index (χ1v) is 5.85. The molecule has 0 spiro atoms. The molecule has 18 heavy (non-hydrogen) atoms. The van der Waals surface area contributed by atoms with Crippen LogP contribution in [0.15, 0.2) is 5.51 Å². The molecular formula is C10H19Cl2N3O2S. The third-order valence-corrected chi connectivity index (χ3v) is 3.30. The van der Waals surface area contributed by atoms with Crippen molar-refractivity contribution in [3.8, 4) is 0 Å². The van der Waals surface area contributed by atoms with Gasteiger partial charge in [0.2, 0.25) is 0 Å². The largest absolute Gasteiger partial charge is 0.370 e. The summed E-state index contributed by atoms with van der Waals surface area (Å²) in [5.41, 5.74) is 8.18. The number of likely N-dealkylation sites (N-methyl/N-ethyl adjacent to an activating group) is 1. The molecule has 0 bridgehead atoms. The molecule has 106 valence electrons. The first kappa shape index (κ1) is 19.9. The third kappa shape index (κ3) is 5.07. The molecule has 5 nitrogen and oxygen atoms in total. The summed E-state index contributed by atoms with van der Waals surface area (Å²) in [6, 6.07) is 0. The Kier molecular flexibility index (Phi) is 10.5. The highest BCUT2D eigenvalue weighted by molar-refractivity contribution is 7.09. The Balaban J connectivity index is 0. The number of nitrogens with zero attached hydrogens (tertiary/aromatic N) is 2. The summed E-state index contributed by atoms with van der Waals surface area (Å²) in [5.74, 6) is -0.0993. The number of methoxy groups -OCH3 is 1. The van der Waals surface area contributed by atoms with Crippen LogP contribution in [-0.4, -0.2) is 42.6 Å². The number of ether oxygens (including phenoxy) is 1. The molecule has 8 heteroatoms. The van der Waals surface area contributed by atoms with Crippen molar-refractivity contribution in [2.45, 2.75) is 19.6 Å². The van der Waals surface area contributed by atoms with E-state index in [9.17, 15) is 4.79 Å². The number of aryl methyl sites for hydroxylation is 1. The van der Waals surface area contributed by atoms with Crippen LogP contribution < -0.4 is 5.73 Å². The van der Waals surface area contributed by atoms with Crippen LogP contribution >= 0.6 is 36.2 Å². The average Bonchev–Trinajstić information content (AvgIpc) is 2.66. The van der Waals surface area contributed by atoms with Gasteiger partial charge in [-0.25, -0.2) is 4.98 Å². The number of carbonyl (C=O) groups excluding carboxylic acids is 1. The van der Waals surface area contributed by atoms with Crippen molar-refractivity contribution < 1.29 is 9.53 Å². The van der Waals surface area contributed by atoms with Gasteiger partial charge in [0.15, 0.2) is 0 Å². The van der Waals surface area contributed by atoms with Gasteiger partial charge in [0, 0.05) is 25.6 Å². The van der Waals surface area contributed by atoms with Crippen LogP contribution in [0, 0.1) is 6.92 Å². The van der Waals surface area contributed by atoms with E-state index in [-0.39, 0.29) is 37.3 Å². The van der Waals surface area contributed by atoms with Crippen LogP contribution in [0.3, 0.4) is 0 Å². The Morgan fingerprint density at radius 2 is 2.22 bits per heavy atom. The molecule has 1 atom stereocenters. The van der Waals surface area contributed by atoms with E-state index in [0.717, 1.165) is 10.6 Å². The van der Waals surface area contributed by atoms with E-state index in [2.05, 4.69) is 4.98 Å². The second kappa shape index (κ2) is 9.52. The Morgan fingerprint density at radius 3 is 2.61 bits per heavy atom. The predicted molar refractivity (Wildman–Crippen MR) is 77.7 cm³/mol. The second-order valence-corrected chi connectivity index (χ2v) is 4.45. The summed E-state index contributed by atoms with van der Waals surface area (Å²) >= 11 is 1.55. The molecule has 1 unspecified atom stereocenters. The van der Waals surface area contributed by atoms with Crippen molar-refractivity contribution >= 4 is 42.1 Å². The molecule has 0 radical (unpaired) electrons. The van der Waals surface area contributed by atoms with E-state index in [1.54, 1.807) is 28.8 Å². The molecule has 0 saturated heterocycles. The number of rotatable bonds is 5. The van der Waals surface area contributed by atoms with Crippen molar-refractivity contribution in [2.75, 3.05) is 20.7 Å². The van der Waals surface area contributed by atoms with E-state index in [4.69, 9.17) is 10.5 Å². The minimum atomic E-state index is -0.557. The summed E-state index contributed by atoms with van der Waals surface area (Å²) in [4.78, 5) is 18.7. The van der Waals surface area contributed by atoms with Crippen LogP contribution in [0.2, 0.25) is 0 Å². The molecule has 0 saturated carbocycles. The van der Waals surface area contributed by atoms with Gasteiger partial charge in [0.25, 0.3) is 5.91 Å². The van der Waals surface area contributed by atoms with Crippen LogP contribution in [0.4, 0.5) is 0 Å². The maximum absolute atomic E-state index is 11.8. The summed E-state index contributed by atoms with van der Waals surface area (Å²) in [7, 11) is 3.23. The quantitative estimate of drug-likeness (QED) is 0.887. The summed E-state index contributed by atoms with van der Waals surface area (Å²) in [6.45, 7) is 2.68. The molecule has 1 aromatic heterocycles. The van der Waals surface area contributed by atoms with Gasteiger partial charge in [-0.1, -0.05) is 0 Å². The molecule has 0 aliphatic carbocycles. The third-order valence-electron chi connectivity index (χ3n) is 2.38. The summed E-state index contributed by atoms with van der Waals surface area (Å²) in [5, 5.41) is 0. The van der Waals surface area contributed by atoms with E-state index >= 15 is 0 Å². The fraction of sp³-hybridized carbons (Fsp3) is 0.600. The van der Waals surface area contributed by atoms with Crippen LogP contribution in [0.25, 0.3) is 0 Å². The Hall–Kier alpha value is -0.400. The Bertz CT molecular complexity index is 359. The van der Waals surface area contributed by atoms with Gasteiger partial charge in [-0.3, -0.25) is 4.79 Å². The Labute approximate surface area is 124 Å². The lowest BCUT2D eigenvalue weighted by atomic mass is 10.3. The molecule has 1 amide bonds. The predicted octanol–water partition coefficient (Wildman–Crippen LogP) is 1.23. The molecular weight excluding hydrogens is 297 g/mol. The number of amides is 1. The number of aromatic nitrogens is 1. The van der Waals surface area contributed by atoms with Gasteiger partial charge in [0.1, 0.15) is 6.10 Å². The number of thiazole rings is 1. The van der Waals surface area contributed by atoms with Crippen molar-refractivity contribution in [3.05, 3.63) is 16.1 Å². The highest BCUT2D eigenvalue weighted by atomic mass is 35.5.